The molecular weight excluding hydrogens is 428 g/mol. The van der Waals surface area contributed by atoms with Crippen molar-refractivity contribution in [3.05, 3.63) is 0 Å². The van der Waals surface area contributed by atoms with Gasteiger partial charge in [-0.15, -0.1) is 0 Å². The lowest BCUT2D eigenvalue weighted by Crippen LogP contribution is -2.61. The summed E-state index contributed by atoms with van der Waals surface area (Å²) in [4.78, 5) is 11.4. The first-order chi connectivity index (χ1) is 15.6. The fraction of sp³-hybridized carbons (Fsp3) is 0.960. The predicted octanol–water partition coefficient (Wildman–Crippen LogP) is 1.67. The molecule has 188 valence electrons. The Hall–Kier alpha value is -0.770. The van der Waals surface area contributed by atoms with Crippen LogP contribution >= 0.6 is 0 Å². The average Bonchev–Trinajstić information content (AvgIpc) is 3.08. The Balaban J connectivity index is 1.26. The molecule has 0 aromatic rings. The minimum absolute atomic E-state index is 0.0746. The highest BCUT2D eigenvalue weighted by Crippen LogP contribution is 2.66. The predicted molar refractivity (Wildman–Crippen MR) is 117 cm³/mol. The normalized spacial score (nSPS) is 56.5. The Morgan fingerprint density at radius 3 is 2.27 bits per heavy atom. The summed E-state index contributed by atoms with van der Waals surface area (Å²) in [5.74, 6) is 1.05. The van der Waals surface area contributed by atoms with E-state index in [-0.39, 0.29) is 23.0 Å². The second-order valence-electron chi connectivity index (χ2n) is 12.1. The van der Waals surface area contributed by atoms with E-state index in [1.54, 1.807) is 0 Å². The SMILES string of the molecule is C[C@]12CC[C@H]3[C@@H](CCC4C[C@H](OC5O[C@H](C(=O)O)[C@@H](O)[C@H](O)[C@H]5O)CC[C@@]43C)[C@@H]1CC[C@@H]2O. The molecule has 0 aromatic heterocycles. The number of carbonyl (C=O) groups is 1. The average molecular weight is 469 g/mol. The Kier molecular flexibility index (Phi) is 6.11. The van der Waals surface area contributed by atoms with Gasteiger partial charge in [-0.3, -0.25) is 0 Å². The highest BCUT2D eigenvalue weighted by Gasteiger charge is 2.60. The molecule has 8 heteroatoms. The van der Waals surface area contributed by atoms with Crippen LogP contribution in [0.15, 0.2) is 0 Å². The summed E-state index contributed by atoms with van der Waals surface area (Å²) in [5, 5.41) is 50.3. The first-order valence-electron chi connectivity index (χ1n) is 12.8. The maximum absolute atomic E-state index is 11.4. The molecule has 0 aromatic carbocycles. The molecule has 8 nitrogen and oxygen atoms in total. The van der Waals surface area contributed by atoms with Crippen LogP contribution in [0.25, 0.3) is 0 Å². The van der Waals surface area contributed by atoms with Crippen molar-refractivity contribution in [2.45, 2.75) is 115 Å². The molecule has 2 unspecified atom stereocenters. The van der Waals surface area contributed by atoms with Crippen molar-refractivity contribution < 1.29 is 39.8 Å². The van der Waals surface area contributed by atoms with Gasteiger partial charge in [-0.05, 0) is 92.3 Å². The van der Waals surface area contributed by atoms with Gasteiger partial charge in [0.15, 0.2) is 12.4 Å². The van der Waals surface area contributed by atoms with Crippen LogP contribution in [-0.4, -0.2) is 74.4 Å². The van der Waals surface area contributed by atoms with Crippen LogP contribution in [0.5, 0.6) is 0 Å². The number of ether oxygens (including phenoxy) is 2. The van der Waals surface area contributed by atoms with E-state index in [1.807, 2.05) is 0 Å². The highest BCUT2D eigenvalue weighted by atomic mass is 16.7. The zero-order chi connectivity index (χ0) is 23.7. The van der Waals surface area contributed by atoms with Gasteiger partial charge >= 0.3 is 5.97 Å². The van der Waals surface area contributed by atoms with Gasteiger partial charge in [-0.1, -0.05) is 13.8 Å². The molecule has 13 atom stereocenters. The Morgan fingerprint density at radius 2 is 1.55 bits per heavy atom. The van der Waals surface area contributed by atoms with Crippen molar-refractivity contribution in [2.75, 3.05) is 0 Å². The summed E-state index contributed by atoms with van der Waals surface area (Å²) in [6.07, 6.45) is 1.19. The first-order valence-corrected chi connectivity index (χ1v) is 12.8. The number of hydrogen-bond acceptors (Lipinski definition) is 7. The van der Waals surface area contributed by atoms with Crippen LogP contribution in [0.3, 0.4) is 0 Å². The van der Waals surface area contributed by atoms with E-state index in [0.29, 0.717) is 23.7 Å². The summed E-state index contributed by atoms with van der Waals surface area (Å²) >= 11 is 0. The van der Waals surface area contributed by atoms with Crippen LogP contribution in [-0.2, 0) is 14.3 Å². The van der Waals surface area contributed by atoms with Crippen LogP contribution in [0.4, 0.5) is 0 Å². The number of aliphatic hydroxyl groups is 4. The van der Waals surface area contributed by atoms with Crippen molar-refractivity contribution in [3.63, 3.8) is 0 Å². The van der Waals surface area contributed by atoms with Crippen LogP contribution in [0.1, 0.15) is 71.6 Å². The number of rotatable bonds is 3. The quantitative estimate of drug-likeness (QED) is 0.395. The molecule has 5 N–H and O–H groups in total. The van der Waals surface area contributed by atoms with E-state index in [9.17, 15) is 30.3 Å². The molecule has 0 spiro atoms. The molecule has 33 heavy (non-hydrogen) atoms. The second kappa shape index (κ2) is 8.42. The molecule has 0 amide bonds. The van der Waals surface area contributed by atoms with E-state index in [0.717, 1.165) is 44.9 Å². The van der Waals surface area contributed by atoms with E-state index in [4.69, 9.17) is 9.47 Å². The molecule has 4 aliphatic carbocycles. The molecule has 5 aliphatic rings. The third-order valence-corrected chi connectivity index (χ3v) is 10.7. The van der Waals surface area contributed by atoms with Gasteiger partial charge in [0.05, 0.1) is 12.2 Å². The fourth-order valence-electron chi connectivity index (χ4n) is 8.67. The number of hydrogen-bond donors (Lipinski definition) is 5. The minimum atomic E-state index is -1.70. The largest absolute Gasteiger partial charge is 0.479 e. The third-order valence-electron chi connectivity index (χ3n) is 10.7. The van der Waals surface area contributed by atoms with E-state index in [2.05, 4.69) is 13.8 Å². The second-order valence-corrected chi connectivity index (χ2v) is 12.1. The maximum Gasteiger partial charge on any atom is 0.335 e. The lowest BCUT2D eigenvalue weighted by atomic mass is 9.45. The molecule has 5 rings (SSSR count). The first kappa shape index (κ1) is 23.9. The van der Waals surface area contributed by atoms with Crippen molar-refractivity contribution >= 4 is 5.97 Å². The number of carboxylic acid groups (broad SMARTS) is 1. The van der Waals surface area contributed by atoms with E-state index in [1.165, 1.54) is 12.8 Å². The minimum Gasteiger partial charge on any atom is -0.479 e. The summed E-state index contributed by atoms with van der Waals surface area (Å²) in [6.45, 7) is 4.74. The topological polar surface area (TPSA) is 137 Å². The van der Waals surface area contributed by atoms with Crippen molar-refractivity contribution in [2.24, 2.45) is 34.5 Å². The van der Waals surface area contributed by atoms with Crippen LogP contribution in [0.2, 0.25) is 0 Å². The van der Waals surface area contributed by atoms with Gasteiger partial charge in [0.1, 0.15) is 18.3 Å². The highest BCUT2D eigenvalue weighted by molar-refractivity contribution is 5.73. The Labute approximate surface area is 195 Å². The molecule has 0 radical (unpaired) electrons. The van der Waals surface area contributed by atoms with Gasteiger partial charge in [0, 0.05) is 0 Å². The van der Waals surface area contributed by atoms with Gasteiger partial charge in [0.25, 0.3) is 0 Å². The molecule has 1 heterocycles. The summed E-state index contributed by atoms with van der Waals surface area (Å²) < 4.78 is 11.4. The molecule has 5 fully saturated rings. The van der Waals surface area contributed by atoms with Crippen LogP contribution in [0, 0.1) is 34.5 Å². The molecule has 1 aliphatic heterocycles. The summed E-state index contributed by atoms with van der Waals surface area (Å²) in [5.41, 5.74) is 0.300. The van der Waals surface area contributed by atoms with E-state index < -0.39 is 36.7 Å². The number of aliphatic carboxylic acids is 1. The number of aliphatic hydroxyl groups excluding tert-OH is 4. The maximum atomic E-state index is 11.4. The van der Waals surface area contributed by atoms with Gasteiger partial charge in [0.2, 0.25) is 0 Å². The molecular formula is C25H40O8. The Bertz CT molecular complexity index is 761. The zero-order valence-corrected chi connectivity index (χ0v) is 19.7. The molecule has 1 saturated heterocycles. The lowest BCUT2D eigenvalue weighted by Gasteiger charge is -2.61. The standard InChI is InChI=1S/C25H40O8/c1-24-9-7-13(32-23-20(29)18(27)19(28)21(33-23)22(30)31)11-12(24)3-4-14-15-5-6-17(26)25(15,2)10-8-16(14)24/h12-21,23,26-29H,3-11H2,1-2H3,(H,30,31)/t12?,13-,14+,15+,16+,17+,18+,19+,20-,21+,23?,24+,25+/m1/s1. The fourth-order valence-corrected chi connectivity index (χ4v) is 8.67. The molecule has 0 bridgehead atoms. The number of carboxylic acids is 1. The Morgan fingerprint density at radius 1 is 0.848 bits per heavy atom. The van der Waals surface area contributed by atoms with Gasteiger partial charge < -0.3 is 35.0 Å². The third kappa shape index (κ3) is 3.67. The van der Waals surface area contributed by atoms with E-state index >= 15 is 0 Å². The van der Waals surface area contributed by atoms with Crippen molar-refractivity contribution in [1.82, 2.24) is 0 Å². The zero-order valence-electron chi connectivity index (χ0n) is 19.7. The van der Waals surface area contributed by atoms with Crippen LogP contribution < -0.4 is 0 Å². The summed E-state index contributed by atoms with van der Waals surface area (Å²) in [7, 11) is 0. The lowest BCUT2D eigenvalue weighted by molar-refractivity contribution is -0.309. The smallest absolute Gasteiger partial charge is 0.335 e. The van der Waals surface area contributed by atoms with Crippen molar-refractivity contribution in [1.29, 1.82) is 0 Å². The van der Waals surface area contributed by atoms with Crippen molar-refractivity contribution in [3.8, 4) is 0 Å². The summed E-state index contributed by atoms with van der Waals surface area (Å²) in [6, 6.07) is 0. The monoisotopic (exact) mass is 468 g/mol. The van der Waals surface area contributed by atoms with Gasteiger partial charge in [-0.2, -0.15) is 0 Å². The molecule has 4 saturated carbocycles. The number of fused-ring (bicyclic) bond motifs is 5. The van der Waals surface area contributed by atoms with Gasteiger partial charge in [-0.25, -0.2) is 4.79 Å².